The van der Waals surface area contributed by atoms with E-state index in [-0.39, 0.29) is 12.1 Å². The lowest BCUT2D eigenvalue weighted by atomic mass is 10.0. The van der Waals surface area contributed by atoms with E-state index in [4.69, 9.17) is 4.74 Å². The number of amides is 1. The largest absolute Gasteiger partial charge is 0.444 e. The van der Waals surface area contributed by atoms with E-state index in [0.29, 0.717) is 5.92 Å². The highest BCUT2D eigenvalue weighted by Crippen LogP contribution is 2.38. The molecule has 2 fully saturated rings. The fraction of sp³-hybridized carbons (Fsp3) is 0.833. The average Bonchev–Trinajstić information content (AvgIpc) is 3.31. The minimum absolute atomic E-state index is 0.180. The predicted molar refractivity (Wildman–Crippen MR) is 95.3 cm³/mol. The van der Waals surface area contributed by atoms with Crippen LogP contribution in [0.3, 0.4) is 0 Å². The Morgan fingerprint density at radius 2 is 2.00 bits per heavy atom. The van der Waals surface area contributed by atoms with Gasteiger partial charge >= 0.3 is 6.09 Å². The number of likely N-dealkylation sites (N-methyl/N-ethyl adjacent to an activating group) is 1. The van der Waals surface area contributed by atoms with Crippen molar-refractivity contribution in [2.24, 2.45) is 7.05 Å². The average molecular weight is 349 g/mol. The van der Waals surface area contributed by atoms with Gasteiger partial charge in [0.1, 0.15) is 17.2 Å². The molecule has 1 aliphatic carbocycles. The molecule has 1 aliphatic heterocycles. The third-order valence-corrected chi connectivity index (χ3v) is 5.02. The van der Waals surface area contributed by atoms with Crippen LogP contribution >= 0.6 is 0 Å². The number of nitrogens with zero attached hydrogens (tertiary/aromatic N) is 5. The van der Waals surface area contributed by atoms with Crippen molar-refractivity contribution < 1.29 is 9.53 Å². The first-order valence-corrected chi connectivity index (χ1v) is 9.31. The molecule has 1 saturated heterocycles. The molecule has 1 saturated carbocycles. The molecule has 1 atom stereocenters. The smallest absolute Gasteiger partial charge is 0.410 e. The van der Waals surface area contributed by atoms with Crippen LogP contribution in [0.4, 0.5) is 4.79 Å². The van der Waals surface area contributed by atoms with Crippen LogP contribution in [0.25, 0.3) is 0 Å². The Hall–Kier alpha value is -1.63. The van der Waals surface area contributed by atoms with Gasteiger partial charge in [0.05, 0.1) is 6.54 Å². The summed E-state index contributed by atoms with van der Waals surface area (Å²) in [5, 5.41) is 8.76. The fourth-order valence-electron chi connectivity index (χ4n) is 3.38. The van der Waals surface area contributed by atoms with Gasteiger partial charge in [0.2, 0.25) is 0 Å². The lowest BCUT2D eigenvalue weighted by Gasteiger charge is -2.37. The van der Waals surface area contributed by atoms with E-state index >= 15 is 0 Å². The molecular weight excluding hydrogens is 318 g/mol. The number of likely N-dealkylation sites (tertiary alicyclic amines) is 1. The van der Waals surface area contributed by atoms with Crippen LogP contribution < -0.4 is 0 Å². The minimum Gasteiger partial charge on any atom is -0.444 e. The second-order valence-electron chi connectivity index (χ2n) is 8.43. The highest BCUT2D eigenvalue weighted by molar-refractivity contribution is 5.68. The maximum Gasteiger partial charge on any atom is 0.410 e. The Morgan fingerprint density at radius 3 is 2.64 bits per heavy atom. The SMILES string of the molecule is CN(C(=O)OC(C)(C)C)[C@H]1CCCN(Cc2nnc(C3CC3)n2C)C1. The summed E-state index contributed by atoms with van der Waals surface area (Å²) in [7, 11) is 3.91. The first kappa shape index (κ1) is 18.2. The molecule has 2 heterocycles. The molecule has 7 heteroatoms. The number of rotatable bonds is 4. The maximum atomic E-state index is 12.3. The molecule has 1 aromatic rings. The van der Waals surface area contributed by atoms with Crippen LogP contribution in [0.1, 0.15) is 64.0 Å². The van der Waals surface area contributed by atoms with E-state index in [2.05, 4.69) is 26.7 Å². The normalized spacial score (nSPS) is 22.0. The van der Waals surface area contributed by atoms with Crippen LogP contribution in [-0.4, -0.2) is 62.4 Å². The molecule has 0 N–H and O–H groups in total. The van der Waals surface area contributed by atoms with Gasteiger partial charge in [0, 0.05) is 32.6 Å². The van der Waals surface area contributed by atoms with Crippen LogP contribution in [0.15, 0.2) is 0 Å². The van der Waals surface area contributed by atoms with Gasteiger partial charge in [-0.3, -0.25) is 4.90 Å². The molecular formula is C18H31N5O2. The van der Waals surface area contributed by atoms with Crippen molar-refractivity contribution >= 4 is 6.09 Å². The number of carbonyl (C=O) groups excluding carboxylic acids is 1. The molecule has 1 amide bonds. The summed E-state index contributed by atoms with van der Waals surface area (Å²) < 4.78 is 7.66. The molecule has 7 nitrogen and oxygen atoms in total. The van der Waals surface area contributed by atoms with E-state index in [0.717, 1.165) is 44.1 Å². The summed E-state index contributed by atoms with van der Waals surface area (Å²) >= 11 is 0. The van der Waals surface area contributed by atoms with E-state index in [1.54, 1.807) is 4.90 Å². The zero-order valence-corrected chi connectivity index (χ0v) is 16.2. The summed E-state index contributed by atoms with van der Waals surface area (Å²) in [6.45, 7) is 8.37. The third kappa shape index (κ3) is 4.51. The molecule has 2 aliphatic rings. The first-order chi connectivity index (χ1) is 11.7. The second kappa shape index (κ2) is 6.94. The molecule has 3 rings (SSSR count). The van der Waals surface area contributed by atoms with E-state index in [1.807, 2.05) is 27.8 Å². The number of hydrogen-bond acceptors (Lipinski definition) is 5. The minimum atomic E-state index is -0.461. The van der Waals surface area contributed by atoms with Crippen molar-refractivity contribution in [2.45, 2.75) is 70.6 Å². The van der Waals surface area contributed by atoms with Gasteiger partial charge in [-0.1, -0.05) is 0 Å². The van der Waals surface area contributed by atoms with Gasteiger partial charge in [-0.25, -0.2) is 4.79 Å². The highest BCUT2D eigenvalue weighted by atomic mass is 16.6. The summed E-state index contributed by atoms with van der Waals surface area (Å²) in [5.74, 6) is 2.75. The van der Waals surface area contributed by atoms with Crippen molar-refractivity contribution in [3.63, 3.8) is 0 Å². The molecule has 0 aromatic carbocycles. The van der Waals surface area contributed by atoms with Gasteiger partial charge in [0.15, 0.2) is 0 Å². The maximum absolute atomic E-state index is 12.3. The number of aromatic nitrogens is 3. The molecule has 0 bridgehead atoms. The second-order valence-corrected chi connectivity index (χ2v) is 8.43. The third-order valence-electron chi connectivity index (χ3n) is 5.02. The van der Waals surface area contributed by atoms with Gasteiger partial charge in [-0.05, 0) is 53.0 Å². The van der Waals surface area contributed by atoms with Crippen molar-refractivity contribution in [2.75, 3.05) is 20.1 Å². The van der Waals surface area contributed by atoms with Gasteiger partial charge < -0.3 is 14.2 Å². The predicted octanol–water partition coefficient (Wildman–Crippen LogP) is 2.52. The number of hydrogen-bond donors (Lipinski definition) is 0. The fourth-order valence-corrected chi connectivity index (χ4v) is 3.38. The Labute approximate surface area is 150 Å². The molecule has 0 radical (unpaired) electrons. The number of ether oxygens (including phenoxy) is 1. The van der Waals surface area contributed by atoms with Crippen LogP contribution in [0.2, 0.25) is 0 Å². The lowest BCUT2D eigenvalue weighted by molar-refractivity contribution is 0.0127. The quantitative estimate of drug-likeness (QED) is 0.836. The van der Waals surface area contributed by atoms with Crippen LogP contribution in [0.5, 0.6) is 0 Å². The Kier molecular flexibility index (Phi) is 5.04. The zero-order chi connectivity index (χ0) is 18.2. The highest BCUT2D eigenvalue weighted by Gasteiger charge is 2.31. The summed E-state index contributed by atoms with van der Waals surface area (Å²) in [5.41, 5.74) is -0.461. The molecule has 25 heavy (non-hydrogen) atoms. The lowest BCUT2D eigenvalue weighted by Crippen LogP contribution is -2.49. The van der Waals surface area contributed by atoms with Crippen molar-refractivity contribution in [3.8, 4) is 0 Å². The van der Waals surface area contributed by atoms with Gasteiger partial charge in [-0.15, -0.1) is 10.2 Å². The van der Waals surface area contributed by atoms with Gasteiger partial charge in [-0.2, -0.15) is 0 Å². The monoisotopic (exact) mass is 349 g/mol. The number of piperidine rings is 1. The molecule has 0 unspecified atom stereocenters. The molecule has 140 valence electrons. The summed E-state index contributed by atoms with van der Waals surface area (Å²) in [4.78, 5) is 16.4. The first-order valence-electron chi connectivity index (χ1n) is 9.31. The standard InChI is InChI=1S/C18H31N5O2/c1-18(2,3)25-17(24)21(4)14-7-6-10-23(11-14)12-15-19-20-16(22(15)5)13-8-9-13/h13-14H,6-12H2,1-5H3/t14-/m0/s1. The Morgan fingerprint density at radius 1 is 1.28 bits per heavy atom. The van der Waals surface area contributed by atoms with E-state index in [9.17, 15) is 4.79 Å². The van der Waals surface area contributed by atoms with E-state index < -0.39 is 5.60 Å². The van der Waals surface area contributed by atoms with E-state index in [1.165, 1.54) is 12.8 Å². The van der Waals surface area contributed by atoms with Crippen LogP contribution in [-0.2, 0) is 18.3 Å². The summed E-state index contributed by atoms with van der Waals surface area (Å²) in [6, 6.07) is 0.180. The number of carbonyl (C=O) groups is 1. The topological polar surface area (TPSA) is 63.5 Å². The zero-order valence-electron chi connectivity index (χ0n) is 16.2. The Balaban J connectivity index is 1.58. The van der Waals surface area contributed by atoms with Crippen molar-refractivity contribution in [3.05, 3.63) is 11.6 Å². The molecule has 1 aromatic heterocycles. The van der Waals surface area contributed by atoms with Crippen LogP contribution in [0, 0.1) is 0 Å². The van der Waals surface area contributed by atoms with Gasteiger partial charge in [0.25, 0.3) is 0 Å². The van der Waals surface area contributed by atoms with Crippen molar-refractivity contribution in [1.29, 1.82) is 0 Å². The summed E-state index contributed by atoms with van der Waals surface area (Å²) in [6.07, 6.45) is 4.31. The Bertz CT molecular complexity index is 617. The molecule has 0 spiro atoms. The van der Waals surface area contributed by atoms with Crippen molar-refractivity contribution in [1.82, 2.24) is 24.6 Å².